The van der Waals surface area contributed by atoms with Gasteiger partial charge in [0.05, 0.1) is 7.11 Å². The Hall–Kier alpha value is -1.05. The normalized spacial score (nSPS) is 25.8. The van der Waals surface area contributed by atoms with E-state index >= 15 is 0 Å². The van der Waals surface area contributed by atoms with Crippen molar-refractivity contribution in [2.75, 3.05) is 7.11 Å². The first-order valence-electron chi connectivity index (χ1n) is 5.79. The molecule has 2 aliphatic rings. The molecule has 0 heterocycles. The van der Waals surface area contributed by atoms with Crippen molar-refractivity contribution in [1.82, 2.24) is 0 Å². The van der Waals surface area contributed by atoms with Gasteiger partial charge in [0.2, 0.25) is 0 Å². The lowest BCUT2D eigenvalue weighted by Crippen LogP contribution is -2.14. The van der Waals surface area contributed by atoms with E-state index in [1.165, 1.54) is 39.2 Å². The molecule has 0 spiro atoms. The van der Waals surface area contributed by atoms with Crippen LogP contribution in [0.25, 0.3) is 0 Å². The van der Waals surface area contributed by atoms with Crippen molar-refractivity contribution in [1.29, 1.82) is 0 Å². The Labute approximate surface area is 91.0 Å². The Balaban J connectivity index is 2.12. The first kappa shape index (κ1) is 10.5. The largest absolute Gasteiger partial charge is 0.466 e. The van der Waals surface area contributed by atoms with Gasteiger partial charge in [0.1, 0.15) is 0 Å². The topological polar surface area (TPSA) is 26.3 Å². The molecule has 0 aromatic heterocycles. The first-order chi connectivity index (χ1) is 7.31. The molecule has 15 heavy (non-hydrogen) atoms. The highest BCUT2D eigenvalue weighted by molar-refractivity contribution is 5.89. The van der Waals surface area contributed by atoms with Crippen molar-refractivity contribution in [2.24, 2.45) is 5.92 Å². The zero-order chi connectivity index (χ0) is 10.7. The third-order valence-electron chi connectivity index (χ3n) is 3.45. The van der Waals surface area contributed by atoms with Gasteiger partial charge in [-0.05, 0) is 31.6 Å². The number of methoxy groups -OCH3 is 1. The second-order valence-electron chi connectivity index (χ2n) is 4.43. The first-order valence-corrected chi connectivity index (χ1v) is 5.79. The molecule has 1 saturated carbocycles. The molecule has 2 heteroatoms. The van der Waals surface area contributed by atoms with Crippen LogP contribution in [0.15, 0.2) is 23.3 Å². The predicted octanol–water partition coefficient (Wildman–Crippen LogP) is 3.00. The summed E-state index contributed by atoms with van der Waals surface area (Å²) in [5.41, 5.74) is 2.38. The van der Waals surface area contributed by atoms with E-state index in [1.807, 2.05) is 6.08 Å². The fourth-order valence-corrected chi connectivity index (χ4v) is 2.56. The van der Waals surface area contributed by atoms with Gasteiger partial charge >= 0.3 is 5.97 Å². The van der Waals surface area contributed by atoms with E-state index in [-0.39, 0.29) is 5.97 Å². The average molecular weight is 206 g/mol. The number of esters is 1. The van der Waals surface area contributed by atoms with Gasteiger partial charge in [0, 0.05) is 5.57 Å². The fraction of sp³-hybridized carbons (Fsp3) is 0.615. The van der Waals surface area contributed by atoms with Crippen LogP contribution in [0.4, 0.5) is 0 Å². The molecule has 0 bridgehead atoms. The molecular weight excluding hydrogens is 188 g/mol. The molecule has 2 aliphatic carbocycles. The van der Waals surface area contributed by atoms with Gasteiger partial charge in [-0.15, -0.1) is 0 Å². The lowest BCUT2D eigenvalue weighted by molar-refractivity contribution is -0.136. The number of carbonyl (C=O) groups excluding carboxylic acids is 1. The molecule has 0 aliphatic heterocycles. The van der Waals surface area contributed by atoms with Crippen LogP contribution in [0.3, 0.4) is 0 Å². The molecule has 1 unspecified atom stereocenters. The van der Waals surface area contributed by atoms with Gasteiger partial charge < -0.3 is 4.74 Å². The summed E-state index contributed by atoms with van der Waals surface area (Å²) < 4.78 is 4.76. The molecular formula is C13H18O2. The van der Waals surface area contributed by atoms with Crippen LogP contribution < -0.4 is 0 Å². The van der Waals surface area contributed by atoms with Crippen LogP contribution in [-0.4, -0.2) is 13.1 Å². The Morgan fingerprint density at radius 1 is 1.33 bits per heavy atom. The summed E-state index contributed by atoms with van der Waals surface area (Å²) in [7, 11) is 1.45. The molecule has 0 aromatic rings. The minimum Gasteiger partial charge on any atom is -0.466 e. The van der Waals surface area contributed by atoms with Crippen LogP contribution in [0.1, 0.15) is 38.5 Å². The van der Waals surface area contributed by atoms with Crippen LogP contribution in [0.5, 0.6) is 0 Å². The van der Waals surface area contributed by atoms with Crippen molar-refractivity contribution in [2.45, 2.75) is 38.5 Å². The number of hydrogen-bond donors (Lipinski definition) is 0. The Morgan fingerprint density at radius 2 is 2.20 bits per heavy atom. The minimum absolute atomic E-state index is 0.158. The summed E-state index contributed by atoms with van der Waals surface area (Å²) in [4.78, 5) is 11.4. The summed E-state index contributed by atoms with van der Waals surface area (Å²) in [6.45, 7) is 0. The summed E-state index contributed by atoms with van der Waals surface area (Å²) in [6.07, 6.45) is 11.4. The van der Waals surface area contributed by atoms with Gasteiger partial charge in [-0.1, -0.05) is 30.6 Å². The van der Waals surface area contributed by atoms with Crippen molar-refractivity contribution >= 4 is 5.97 Å². The third kappa shape index (κ3) is 2.31. The Bertz CT molecular complexity index is 312. The van der Waals surface area contributed by atoms with Crippen LogP contribution in [0.2, 0.25) is 0 Å². The zero-order valence-corrected chi connectivity index (χ0v) is 9.29. The molecule has 1 atom stereocenters. The van der Waals surface area contributed by atoms with E-state index in [2.05, 4.69) is 6.08 Å². The number of rotatable bonds is 1. The molecule has 2 nitrogen and oxygen atoms in total. The average Bonchev–Trinajstić information content (AvgIpc) is 2.51. The maximum Gasteiger partial charge on any atom is 0.333 e. The van der Waals surface area contributed by atoms with Crippen LogP contribution in [0, 0.1) is 5.92 Å². The van der Waals surface area contributed by atoms with Gasteiger partial charge in [-0.25, -0.2) is 4.79 Å². The molecule has 0 N–H and O–H groups in total. The van der Waals surface area contributed by atoms with Crippen molar-refractivity contribution in [3.8, 4) is 0 Å². The lowest BCUT2D eigenvalue weighted by Gasteiger charge is -2.22. The van der Waals surface area contributed by atoms with E-state index < -0.39 is 0 Å². The quantitative estimate of drug-likeness (QED) is 0.616. The predicted molar refractivity (Wildman–Crippen MR) is 59.4 cm³/mol. The van der Waals surface area contributed by atoms with E-state index in [1.54, 1.807) is 5.57 Å². The summed E-state index contributed by atoms with van der Waals surface area (Å²) >= 11 is 0. The third-order valence-corrected chi connectivity index (χ3v) is 3.45. The lowest BCUT2D eigenvalue weighted by atomic mass is 9.84. The summed E-state index contributed by atoms with van der Waals surface area (Å²) in [5.74, 6) is 0.446. The molecule has 0 aromatic carbocycles. The SMILES string of the molecule is COC(=O)C1=CC=C2CCCCCC2C1. The van der Waals surface area contributed by atoms with Crippen molar-refractivity contribution < 1.29 is 9.53 Å². The standard InChI is InChI=1S/C13H18O2/c1-15-13(14)12-8-7-10-5-3-2-4-6-11(10)9-12/h7-8,11H,2-6,9H2,1H3. The number of fused-ring (bicyclic) bond motifs is 1. The van der Waals surface area contributed by atoms with Gasteiger partial charge in [-0.3, -0.25) is 0 Å². The van der Waals surface area contributed by atoms with Crippen molar-refractivity contribution in [3.05, 3.63) is 23.3 Å². The number of allylic oxidation sites excluding steroid dienone is 3. The van der Waals surface area contributed by atoms with Gasteiger partial charge in [0.15, 0.2) is 0 Å². The van der Waals surface area contributed by atoms with Crippen LogP contribution in [-0.2, 0) is 9.53 Å². The highest BCUT2D eigenvalue weighted by Gasteiger charge is 2.24. The maximum atomic E-state index is 11.4. The number of hydrogen-bond acceptors (Lipinski definition) is 2. The smallest absolute Gasteiger partial charge is 0.333 e. The van der Waals surface area contributed by atoms with Gasteiger partial charge in [0.25, 0.3) is 0 Å². The Kier molecular flexibility index (Phi) is 3.24. The molecule has 0 saturated heterocycles. The highest BCUT2D eigenvalue weighted by atomic mass is 16.5. The van der Waals surface area contributed by atoms with Gasteiger partial charge in [-0.2, -0.15) is 0 Å². The summed E-state index contributed by atoms with van der Waals surface area (Å²) in [5, 5.41) is 0. The fourth-order valence-electron chi connectivity index (χ4n) is 2.56. The van der Waals surface area contributed by atoms with Crippen LogP contribution >= 0.6 is 0 Å². The second kappa shape index (κ2) is 4.65. The van der Waals surface area contributed by atoms with E-state index in [9.17, 15) is 4.79 Å². The zero-order valence-electron chi connectivity index (χ0n) is 9.29. The van der Waals surface area contributed by atoms with E-state index in [0.717, 1.165) is 12.0 Å². The molecule has 82 valence electrons. The monoisotopic (exact) mass is 206 g/mol. The molecule has 0 radical (unpaired) electrons. The van der Waals surface area contributed by atoms with E-state index in [4.69, 9.17) is 4.74 Å². The Morgan fingerprint density at radius 3 is 3.00 bits per heavy atom. The summed E-state index contributed by atoms with van der Waals surface area (Å²) in [6, 6.07) is 0. The molecule has 0 amide bonds. The number of carbonyl (C=O) groups is 1. The second-order valence-corrected chi connectivity index (χ2v) is 4.43. The molecule has 1 fully saturated rings. The maximum absolute atomic E-state index is 11.4. The van der Waals surface area contributed by atoms with Crippen molar-refractivity contribution in [3.63, 3.8) is 0 Å². The van der Waals surface area contributed by atoms with E-state index in [0.29, 0.717) is 5.92 Å². The minimum atomic E-state index is -0.158. The highest BCUT2D eigenvalue weighted by Crippen LogP contribution is 2.35. The molecule has 2 rings (SSSR count). The number of ether oxygens (including phenoxy) is 1.